The average molecular weight is 230 g/mol. The Kier molecular flexibility index (Phi) is 14.6. The largest absolute Gasteiger partial charge is 0.478 e. The zero-order valence-corrected chi connectivity index (χ0v) is 10.1. The third-order valence-corrected chi connectivity index (χ3v) is 1.83. The van der Waals surface area contributed by atoms with Crippen LogP contribution in [0.2, 0.25) is 0 Å². The molecule has 0 fully saturated rings. The van der Waals surface area contributed by atoms with Gasteiger partial charge in [0.1, 0.15) is 0 Å². The fraction of sp³-hybridized carbons (Fsp3) is 0.667. The highest BCUT2D eigenvalue weighted by Crippen LogP contribution is 2.03. The summed E-state index contributed by atoms with van der Waals surface area (Å²) in [6.07, 6.45) is 9.60. The highest BCUT2D eigenvalue weighted by Gasteiger charge is 1.88. The van der Waals surface area contributed by atoms with Crippen molar-refractivity contribution in [3.63, 3.8) is 0 Å². The molecule has 0 aliphatic rings. The molecule has 0 unspecified atom stereocenters. The first-order valence-corrected chi connectivity index (χ1v) is 5.68. The van der Waals surface area contributed by atoms with Gasteiger partial charge in [-0.15, -0.1) is 0 Å². The van der Waals surface area contributed by atoms with Crippen LogP contribution >= 0.6 is 0 Å². The first-order chi connectivity index (χ1) is 7.54. The predicted molar refractivity (Wildman–Crippen MR) is 63.5 cm³/mol. The Morgan fingerprint density at radius 2 is 1.12 bits per heavy atom. The van der Waals surface area contributed by atoms with Crippen LogP contribution in [0.15, 0.2) is 12.2 Å². The van der Waals surface area contributed by atoms with E-state index in [0.29, 0.717) is 12.2 Å². The fourth-order valence-electron chi connectivity index (χ4n) is 0.996. The number of carbonyl (C=O) groups is 2. The van der Waals surface area contributed by atoms with Gasteiger partial charge in [0, 0.05) is 12.2 Å². The second kappa shape index (κ2) is 13.7. The van der Waals surface area contributed by atoms with Crippen LogP contribution in [0.4, 0.5) is 0 Å². The molecule has 0 spiro atoms. The van der Waals surface area contributed by atoms with Crippen molar-refractivity contribution >= 4 is 11.9 Å². The molecular weight excluding hydrogens is 208 g/mol. The minimum Gasteiger partial charge on any atom is -0.478 e. The molecule has 4 nitrogen and oxygen atoms in total. The van der Waals surface area contributed by atoms with Crippen LogP contribution < -0.4 is 0 Å². The molecule has 0 aromatic rings. The van der Waals surface area contributed by atoms with Gasteiger partial charge in [-0.3, -0.25) is 0 Å². The smallest absolute Gasteiger partial charge is 0.328 e. The Bertz CT molecular complexity index is 187. The van der Waals surface area contributed by atoms with Crippen molar-refractivity contribution < 1.29 is 19.8 Å². The molecule has 0 radical (unpaired) electrons. The third kappa shape index (κ3) is 23.0. The molecule has 4 heteroatoms. The molecule has 0 aromatic carbocycles. The second-order valence-corrected chi connectivity index (χ2v) is 3.42. The summed E-state index contributed by atoms with van der Waals surface area (Å²) >= 11 is 0. The molecule has 0 rings (SSSR count). The van der Waals surface area contributed by atoms with Gasteiger partial charge in [-0.2, -0.15) is 0 Å². The quantitative estimate of drug-likeness (QED) is 0.520. The van der Waals surface area contributed by atoms with Gasteiger partial charge in [0.05, 0.1) is 0 Å². The van der Waals surface area contributed by atoms with E-state index in [4.69, 9.17) is 10.2 Å². The van der Waals surface area contributed by atoms with E-state index in [1.807, 2.05) is 0 Å². The molecule has 94 valence electrons. The maximum atomic E-state index is 9.55. The summed E-state index contributed by atoms with van der Waals surface area (Å²) in [5, 5.41) is 15.6. The van der Waals surface area contributed by atoms with E-state index >= 15 is 0 Å². The molecule has 0 amide bonds. The molecule has 2 N–H and O–H groups in total. The highest BCUT2D eigenvalue weighted by atomic mass is 16.4. The number of hydrogen-bond acceptors (Lipinski definition) is 2. The summed E-state index contributed by atoms with van der Waals surface area (Å²) in [6, 6.07) is 0. The van der Waals surface area contributed by atoms with Gasteiger partial charge < -0.3 is 10.2 Å². The van der Waals surface area contributed by atoms with Crippen LogP contribution in [0.5, 0.6) is 0 Å². The topological polar surface area (TPSA) is 74.6 Å². The van der Waals surface area contributed by atoms with Gasteiger partial charge in [-0.25, -0.2) is 9.59 Å². The molecule has 0 bridgehead atoms. The van der Waals surface area contributed by atoms with E-state index in [1.165, 1.54) is 38.5 Å². The number of hydrogen-bond donors (Lipinski definition) is 2. The zero-order valence-electron chi connectivity index (χ0n) is 10.1. The van der Waals surface area contributed by atoms with Crippen LogP contribution in [0.3, 0.4) is 0 Å². The predicted octanol–water partition coefficient (Wildman–Crippen LogP) is 3.08. The summed E-state index contributed by atoms with van der Waals surface area (Å²) in [6.45, 7) is 4.51. The third-order valence-electron chi connectivity index (χ3n) is 1.83. The van der Waals surface area contributed by atoms with E-state index in [9.17, 15) is 9.59 Å². The summed E-state index contributed by atoms with van der Waals surface area (Å²) in [4.78, 5) is 19.1. The van der Waals surface area contributed by atoms with Gasteiger partial charge >= 0.3 is 11.9 Å². The molecule has 0 atom stereocenters. The Morgan fingerprint density at radius 3 is 1.31 bits per heavy atom. The van der Waals surface area contributed by atoms with Gasteiger partial charge in [0.2, 0.25) is 0 Å². The first kappa shape index (κ1) is 17.1. The Morgan fingerprint density at radius 1 is 0.812 bits per heavy atom. The number of rotatable bonds is 7. The lowest BCUT2D eigenvalue weighted by Gasteiger charge is -1.93. The van der Waals surface area contributed by atoms with Gasteiger partial charge in [-0.05, 0) is 0 Å². The van der Waals surface area contributed by atoms with E-state index < -0.39 is 11.9 Å². The first-order valence-electron chi connectivity index (χ1n) is 5.68. The summed E-state index contributed by atoms with van der Waals surface area (Å²) in [7, 11) is 0. The van der Waals surface area contributed by atoms with E-state index in [2.05, 4.69) is 13.8 Å². The SMILES string of the molecule is CCCCCCCC.O=C(O)/C=C\C(=O)O. The monoisotopic (exact) mass is 230 g/mol. The normalized spacial score (nSPS) is 9.62. The minimum atomic E-state index is -1.26. The lowest BCUT2D eigenvalue weighted by Crippen LogP contribution is -1.91. The fourth-order valence-corrected chi connectivity index (χ4v) is 0.996. The van der Waals surface area contributed by atoms with Crippen molar-refractivity contribution in [2.45, 2.75) is 52.4 Å². The number of carboxylic acid groups (broad SMARTS) is 2. The maximum absolute atomic E-state index is 9.55. The van der Waals surface area contributed by atoms with Crippen molar-refractivity contribution in [2.24, 2.45) is 0 Å². The molecule has 0 saturated carbocycles. The number of unbranched alkanes of at least 4 members (excludes halogenated alkanes) is 5. The van der Waals surface area contributed by atoms with Crippen LogP contribution in [-0.4, -0.2) is 22.2 Å². The molecule has 0 heterocycles. The van der Waals surface area contributed by atoms with Gasteiger partial charge in [0.15, 0.2) is 0 Å². The molecule has 0 aromatic heterocycles. The van der Waals surface area contributed by atoms with Crippen LogP contribution in [0.1, 0.15) is 52.4 Å². The summed E-state index contributed by atoms with van der Waals surface area (Å²) in [5.41, 5.74) is 0. The van der Waals surface area contributed by atoms with Crippen molar-refractivity contribution in [3.05, 3.63) is 12.2 Å². The van der Waals surface area contributed by atoms with Crippen molar-refractivity contribution in [3.8, 4) is 0 Å². The maximum Gasteiger partial charge on any atom is 0.328 e. The van der Waals surface area contributed by atoms with E-state index in [0.717, 1.165) is 0 Å². The standard InChI is InChI=1S/C8H18.C4H4O4/c1-3-5-7-8-6-4-2;5-3(6)1-2-4(7)8/h3-8H2,1-2H3;1-2H,(H,5,6)(H,7,8)/b;2-1-. The molecule has 0 aliphatic heterocycles. The molecule has 16 heavy (non-hydrogen) atoms. The summed E-state index contributed by atoms with van der Waals surface area (Å²) < 4.78 is 0. The Labute approximate surface area is 97.0 Å². The molecule has 0 aliphatic carbocycles. The minimum absolute atomic E-state index is 0.558. The molecular formula is C12H22O4. The van der Waals surface area contributed by atoms with Crippen molar-refractivity contribution in [1.82, 2.24) is 0 Å². The highest BCUT2D eigenvalue weighted by molar-refractivity contribution is 5.89. The second-order valence-electron chi connectivity index (χ2n) is 3.42. The summed E-state index contributed by atoms with van der Waals surface area (Å²) in [5.74, 6) is -2.51. The van der Waals surface area contributed by atoms with Gasteiger partial charge in [-0.1, -0.05) is 52.4 Å². The van der Waals surface area contributed by atoms with Crippen molar-refractivity contribution in [2.75, 3.05) is 0 Å². The van der Waals surface area contributed by atoms with Crippen molar-refractivity contribution in [1.29, 1.82) is 0 Å². The van der Waals surface area contributed by atoms with Crippen LogP contribution in [0.25, 0.3) is 0 Å². The van der Waals surface area contributed by atoms with E-state index in [1.54, 1.807) is 0 Å². The Balaban J connectivity index is 0. The van der Waals surface area contributed by atoms with Crippen LogP contribution in [-0.2, 0) is 9.59 Å². The lowest BCUT2D eigenvalue weighted by atomic mass is 10.1. The van der Waals surface area contributed by atoms with Crippen LogP contribution in [0, 0.1) is 0 Å². The number of carboxylic acids is 2. The number of aliphatic carboxylic acids is 2. The Hall–Kier alpha value is -1.32. The average Bonchev–Trinajstić information content (AvgIpc) is 2.23. The van der Waals surface area contributed by atoms with Gasteiger partial charge in [0.25, 0.3) is 0 Å². The van der Waals surface area contributed by atoms with E-state index in [-0.39, 0.29) is 0 Å². The lowest BCUT2D eigenvalue weighted by molar-refractivity contribution is -0.134. The molecule has 0 saturated heterocycles. The zero-order chi connectivity index (χ0) is 12.8.